The summed E-state index contributed by atoms with van der Waals surface area (Å²) in [6, 6.07) is 0. The number of hydrogen-bond acceptors (Lipinski definition) is 7. The lowest BCUT2D eigenvalue weighted by molar-refractivity contribution is -0.226. The zero-order chi connectivity index (χ0) is 22.9. The fraction of sp³-hybridized carbons (Fsp3) is 0.783. The Morgan fingerprint density at radius 1 is 1.03 bits per heavy atom. The van der Waals surface area contributed by atoms with Crippen LogP contribution in [0.2, 0.25) is 0 Å². The fourth-order valence-corrected chi connectivity index (χ4v) is 6.52. The first kappa shape index (κ1) is 24.4. The highest BCUT2D eigenvalue weighted by Gasteiger charge is 2.62. The van der Waals surface area contributed by atoms with Crippen LogP contribution in [-0.4, -0.2) is 48.9 Å². The molecule has 0 bridgehead atoms. The topological polar surface area (TPSA) is 99.1 Å². The molecule has 1 N–H and O–H groups in total. The smallest absolute Gasteiger partial charge is 0.344 e. The molecule has 0 spiro atoms. The lowest BCUT2D eigenvalue weighted by Crippen LogP contribution is -2.63. The maximum absolute atomic E-state index is 12.1. The zero-order valence-corrected chi connectivity index (χ0v) is 19.2. The first-order valence-corrected chi connectivity index (χ1v) is 10.6. The SMILES string of the molecule is COC(=O)C(=CC[C@@H]1[C@@]2(C)CCCC(C)(C)[C@@H]2[C@@H](O)C[C@@]1(C)OC(C)=O)C(=O)OC. The van der Waals surface area contributed by atoms with E-state index in [1.54, 1.807) is 0 Å². The van der Waals surface area contributed by atoms with E-state index in [9.17, 15) is 19.5 Å². The first-order chi connectivity index (χ1) is 13.8. The van der Waals surface area contributed by atoms with E-state index in [0.29, 0.717) is 12.8 Å². The number of methoxy groups -OCH3 is 2. The highest BCUT2D eigenvalue weighted by molar-refractivity contribution is 6.13. The average Bonchev–Trinajstić information content (AvgIpc) is 2.61. The van der Waals surface area contributed by atoms with Crippen molar-refractivity contribution < 1.29 is 33.7 Å². The molecule has 0 unspecified atom stereocenters. The average molecular weight is 425 g/mol. The summed E-state index contributed by atoms with van der Waals surface area (Å²) < 4.78 is 15.3. The van der Waals surface area contributed by atoms with Crippen molar-refractivity contribution in [2.45, 2.75) is 78.4 Å². The first-order valence-electron chi connectivity index (χ1n) is 10.6. The van der Waals surface area contributed by atoms with Crippen molar-refractivity contribution in [1.29, 1.82) is 0 Å². The Bertz CT molecular complexity index is 707. The van der Waals surface area contributed by atoms with Crippen LogP contribution in [0, 0.1) is 22.7 Å². The molecule has 0 aromatic rings. The van der Waals surface area contributed by atoms with Gasteiger partial charge >= 0.3 is 17.9 Å². The molecule has 0 heterocycles. The maximum Gasteiger partial charge on any atom is 0.344 e. The van der Waals surface area contributed by atoms with E-state index in [1.807, 2.05) is 6.92 Å². The van der Waals surface area contributed by atoms with Gasteiger partial charge < -0.3 is 19.3 Å². The highest BCUT2D eigenvalue weighted by atomic mass is 16.6. The van der Waals surface area contributed by atoms with Crippen LogP contribution in [0.3, 0.4) is 0 Å². The van der Waals surface area contributed by atoms with Gasteiger partial charge in [-0.25, -0.2) is 9.59 Å². The standard InChI is InChI=1S/C23H36O7/c1-14(24)30-23(5)13-16(25)18-21(2,3)11-8-12-22(18,4)17(23)10-9-15(19(26)28-6)20(27)29-7/h9,16-18,25H,8,10-13H2,1-7H3/t16-,17+,18-,22+,23+/m0/s1. The zero-order valence-electron chi connectivity index (χ0n) is 19.2. The molecule has 7 heteroatoms. The van der Waals surface area contributed by atoms with Crippen LogP contribution in [0.4, 0.5) is 0 Å². The van der Waals surface area contributed by atoms with Crippen molar-refractivity contribution in [1.82, 2.24) is 0 Å². The predicted octanol–water partition coefficient (Wildman–Crippen LogP) is 3.18. The molecule has 30 heavy (non-hydrogen) atoms. The molecule has 0 radical (unpaired) electrons. The molecule has 0 saturated heterocycles. The van der Waals surface area contributed by atoms with Gasteiger partial charge in [0, 0.05) is 19.3 Å². The van der Waals surface area contributed by atoms with E-state index in [2.05, 4.69) is 20.8 Å². The molecule has 170 valence electrons. The van der Waals surface area contributed by atoms with Gasteiger partial charge in [-0.1, -0.05) is 33.3 Å². The third-order valence-corrected chi connectivity index (χ3v) is 7.37. The molecule has 2 fully saturated rings. The Balaban J connectivity index is 2.56. The number of ether oxygens (including phenoxy) is 3. The largest absolute Gasteiger partial charge is 0.465 e. The summed E-state index contributed by atoms with van der Waals surface area (Å²) in [7, 11) is 2.42. The van der Waals surface area contributed by atoms with Crippen LogP contribution < -0.4 is 0 Å². The van der Waals surface area contributed by atoms with Gasteiger partial charge in [-0.15, -0.1) is 0 Å². The van der Waals surface area contributed by atoms with Crippen LogP contribution in [0.15, 0.2) is 11.6 Å². The summed E-state index contributed by atoms with van der Waals surface area (Å²) in [4.78, 5) is 36.2. The molecule has 0 aliphatic heterocycles. The van der Waals surface area contributed by atoms with Crippen molar-refractivity contribution >= 4 is 17.9 Å². The Morgan fingerprint density at radius 2 is 1.60 bits per heavy atom. The van der Waals surface area contributed by atoms with E-state index in [1.165, 1.54) is 27.2 Å². The van der Waals surface area contributed by atoms with Gasteiger partial charge in [-0.05, 0) is 42.9 Å². The number of carbonyl (C=O) groups excluding carboxylic acids is 3. The van der Waals surface area contributed by atoms with Crippen molar-refractivity contribution in [3.8, 4) is 0 Å². The third kappa shape index (κ3) is 4.41. The van der Waals surface area contributed by atoms with Gasteiger partial charge in [0.25, 0.3) is 0 Å². The summed E-state index contributed by atoms with van der Waals surface area (Å²) >= 11 is 0. The second kappa shape index (κ2) is 8.69. The number of fused-ring (bicyclic) bond motifs is 1. The molecule has 2 aliphatic carbocycles. The number of aliphatic hydroxyl groups excluding tert-OH is 1. The van der Waals surface area contributed by atoms with Crippen molar-refractivity contribution in [2.75, 3.05) is 14.2 Å². The van der Waals surface area contributed by atoms with E-state index >= 15 is 0 Å². The second-order valence-electron chi connectivity index (χ2n) is 9.89. The molecule has 5 atom stereocenters. The Kier molecular flexibility index (Phi) is 7.06. The van der Waals surface area contributed by atoms with Crippen molar-refractivity contribution in [2.24, 2.45) is 22.7 Å². The molecular weight excluding hydrogens is 388 g/mol. The van der Waals surface area contributed by atoms with Gasteiger partial charge in [0.2, 0.25) is 0 Å². The lowest BCUT2D eigenvalue weighted by atomic mass is 9.44. The molecule has 0 aromatic heterocycles. The molecule has 0 amide bonds. The summed E-state index contributed by atoms with van der Waals surface area (Å²) in [5, 5.41) is 11.1. The monoisotopic (exact) mass is 424 g/mol. The number of aliphatic hydroxyl groups is 1. The minimum absolute atomic E-state index is 0.000450. The van der Waals surface area contributed by atoms with E-state index in [4.69, 9.17) is 14.2 Å². The molecule has 2 rings (SSSR count). The number of hydrogen-bond donors (Lipinski definition) is 1. The Labute approximate surface area is 179 Å². The fourth-order valence-electron chi connectivity index (χ4n) is 6.52. The van der Waals surface area contributed by atoms with Gasteiger partial charge in [-0.2, -0.15) is 0 Å². The second-order valence-corrected chi connectivity index (χ2v) is 9.89. The molecular formula is C23H36O7. The van der Waals surface area contributed by atoms with Crippen LogP contribution in [0.25, 0.3) is 0 Å². The minimum Gasteiger partial charge on any atom is -0.465 e. The lowest BCUT2D eigenvalue weighted by Gasteiger charge is -2.63. The summed E-state index contributed by atoms with van der Waals surface area (Å²) in [5.41, 5.74) is -1.54. The quantitative estimate of drug-likeness (QED) is 0.238. The molecule has 2 aliphatic rings. The van der Waals surface area contributed by atoms with E-state index in [0.717, 1.165) is 19.3 Å². The number of esters is 3. The predicted molar refractivity (Wildman–Crippen MR) is 110 cm³/mol. The van der Waals surface area contributed by atoms with Crippen molar-refractivity contribution in [3.63, 3.8) is 0 Å². The number of rotatable bonds is 5. The summed E-state index contributed by atoms with van der Waals surface area (Å²) in [6.07, 6.45) is 4.40. The van der Waals surface area contributed by atoms with Crippen LogP contribution in [-0.2, 0) is 28.6 Å². The maximum atomic E-state index is 12.1. The Morgan fingerprint density at radius 3 is 2.10 bits per heavy atom. The van der Waals surface area contributed by atoms with E-state index < -0.39 is 29.6 Å². The van der Waals surface area contributed by atoms with Crippen LogP contribution >= 0.6 is 0 Å². The molecule has 7 nitrogen and oxygen atoms in total. The van der Waals surface area contributed by atoms with Gasteiger partial charge in [0.1, 0.15) is 11.2 Å². The highest BCUT2D eigenvalue weighted by Crippen LogP contribution is 2.63. The molecule has 2 saturated carbocycles. The van der Waals surface area contributed by atoms with Crippen molar-refractivity contribution in [3.05, 3.63) is 11.6 Å². The van der Waals surface area contributed by atoms with Gasteiger partial charge in [0.05, 0.1) is 20.3 Å². The normalized spacial score (nSPS) is 34.9. The van der Waals surface area contributed by atoms with Gasteiger partial charge in [0.15, 0.2) is 0 Å². The number of carbonyl (C=O) groups is 3. The number of allylic oxidation sites excluding steroid dienone is 1. The van der Waals surface area contributed by atoms with Gasteiger partial charge in [-0.3, -0.25) is 4.79 Å². The summed E-state index contributed by atoms with van der Waals surface area (Å²) in [6.45, 7) is 9.69. The van der Waals surface area contributed by atoms with Crippen LogP contribution in [0.1, 0.15) is 66.7 Å². The van der Waals surface area contributed by atoms with E-state index in [-0.39, 0.29) is 28.2 Å². The van der Waals surface area contributed by atoms with Crippen LogP contribution in [0.5, 0.6) is 0 Å². The summed E-state index contributed by atoms with van der Waals surface area (Å²) in [5.74, 6) is -2.15. The third-order valence-electron chi connectivity index (χ3n) is 7.37. The minimum atomic E-state index is -0.933. The molecule has 0 aromatic carbocycles. The Hall–Kier alpha value is -1.89.